The van der Waals surface area contributed by atoms with Crippen LogP contribution in [-0.4, -0.2) is 29.3 Å². The molecule has 0 aromatic heterocycles. The molecule has 0 radical (unpaired) electrons. The van der Waals surface area contributed by atoms with Gasteiger partial charge in [0.25, 0.3) is 11.8 Å². The van der Waals surface area contributed by atoms with Crippen molar-refractivity contribution in [2.75, 3.05) is 11.9 Å². The third-order valence-electron chi connectivity index (χ3n) is 6.32. The van der Waals surface area contributed by atoms with Crippen molar-refractivity contribution in [1.29, 1.82) is 0 Å². The zero-order valence-electron chi connectivity index (χ0n) is 17.8. The van der Waals surface area contributed by atoms with Crippen LogP contribution in [0.3, 0.4) is 0 Å². The summed E-state index contributed by atoms with van der Waals surface area (Å²) in [6, 6.07) is 8.34. The number of carbonyl (C=O) groups excluding carboxylic acids is 2. The maximum atomic E-state index is 13.5. The Morgan fingerprint density at radius 2 is 1.71 bits per heavy atom. The molecule has 4 rings (SSSR count). The first-order valence-corrected chi connectivity index (χ1v) is 10.7. The SMILES string of the molecule is CC1(C)CC2CC(C)(CN2C(=O)c2ccc(NC(=O)c3cc(F)c(F)cc3Cl)cc2)C1. The minimum absolute atomic E-state index is 0.00653. The highest BCUT2D eigenvalue weighted by molar-refractivity contribution is 6.34. The molecule has 2 aromatic carbocycles. The van der Waals surface area contributed by atoms with Crippen LogP contribution in [-0.2, 0) is 0 Å². The molecule has 1 saturated heterocycles. The predicted octanol–water partition coefficient (Wildman–Crippen LogP) is 5.91. The molecule has 31 heavy (non-hydrogen) atoms. The number of likely N-dealkylation sites (tertiary alicyclic amines) is 1. The van der Waals surface area contributed by atoms with Crippen molar-refractivity contribution in [1.82, 2.24) is 4.90 Å². The number of rotatable bonds is 3. The van der Waals surface area contributed by atoms with Crippen LogP contribution in [0.25, 0.3) is 0 Å². The molecule has 2 aliphatic rings. The van der Waals surface area contributed by atoms with E-state index in [1.807, 2.05) is 4.90 Å². The first-order valence-electron chi connectivity index (χ1n) is 10.3. The monoisotopic (exact) mass is 446 g/mol. The first-order chi connectivity index (χ1) is 14.5. The van der Waals surface area contributed by atoms with Crippen molar-refractivity contribution in [2.24, 2.45) is 10.8 Å². The fourth-order valence-electron chi connectivity index (χ4n) is 5.45. The third kappa shape index (κ3) is 4.31. The number of amides is 2. The minimum atomic E-state index is -1.15. The van der Waals surface area contributed by atoms with E-state index in [1.54, 1.807) is 24.3 Å². The molecule has 2 atom stereocenters. The van der Waals surface area contributed by atoms with Crippen LogP contribution >= 0.6 is 11.6 Å². The molecule has 1 heterocycles. The summed E-state index contributed by atoms with van der Waals surface area (Å²) in [6.45, 7) is 7.55. The zero-order valence-corrected chi connectivity index (χ0v) is 18.5. The molecule has 1 aliphatic carbocycles. The molecule has 1 aliphatic heterocycles. The van der Waals surface area contributed by atoms with Crippen LogP contribution in [0.1, 0.15) is 60.7 Å². The summed E-state index contributed by atoms with van der Waals surface area (Å²) in [7, 11) is 0. The van der Waals surface area contributed by atoms with Crippen molar-refractivity contribution in [2.45, 2.75) is 46.1 Å². The van der Waals surface area contributed by atoms with E-state index in [4.69, 9.17) is 11.6 Å². The summed E-state index contributed by atoms with van der Waals surface area (Å²) < 4.78 is 26.7. The Morgan fingerprint density at radius 3 is 2.39 bits per heavy atom. The quantitative estimate of drug-likeness (QED) is 0.596. The molecular weight excluding hydrogens is 422 g/mol. The number of benzene rings is 2. The van der Waals surface area contributed by atoms with Gasteiger partial charge < -0.3 is 10.2 Å². The molecule has 2 fully saturated rings. The van der Waals surface area contributed by atoms with Crippen molar-refractivity contribution in [3.8, 4) is 0 Å². The van der Waals surface area contributed by atoms with Crippen molar-refractivity contribution in [3.63, 3.8) is 0 Å². The molecule has 7 heteroatoms. The van der Waals surface area contributed by atoms with Gasteiger partial charge in [-0.2, -0.15) is 0 Å². The van der Waals surface area contributed by atoms with Gasteiger partial charge in [0.1, 0.15) is 0 Å². The Hall–Kier alpha value is -2.47. The van der Waals surface area contributed by atoms with Gasteiger partial charge in [-0.1, -0.05) is 32.4 Å². The van der Waals surface area contributed by atoms with Gasteiger partial charge >= 0.3 is 0 Å². The summed E-state index contributed by atoms with van der Waals surface area (Å²) in [6.07, 6.45) is 3.14. The fraction of sp³-hybridized carbons (Fsp3) is 0.417. The molecule has 164 valence electrons. The number of nitrogens with zero attached hydrogens (tertiary/aromatic N) is 1. The van der Waals surface area contributed by atoms with E-state index in [9.17, 15) is 18.4 Å². The molecule has 2 amide bonds. The number of halogens is 3. The average molecular weight is 447 g/mol. The van der Waals surface area contributed by atoms with E-state index in [0.717, 1.165) is 37.9 Å². The molecule has 2 bridgehead atoms. The first kappa shape index (κ1) is 21.8. The van der Waals surface area contributed by atoms with Gasteiger partial charge in [0, 0.05) is 23.8 Å². The highest BCUT2D eigenvalue weighted by atomic mass is 35.5. The maximum Gasteiger partial charge on any atom is 0.257 e. The van der Waals surface area contributed by atoms with Gasteiger partial charge in [-0.05, 0) is 66.5 Å². The summed E-state index contributed by atoms with van der Waals surface area (Å²) in [5.74, 6) is -2.93. The lowest BCUT2D eigenvalue weighted by molar-refractivity contribution is 0.0708. The largest absolute Gasteiger partial charge is 0.335 e. The lowest BCUT2D eigenvalue weighted by Gasteiger charge is -2.39. The van der Waals surface area contributed by atoms with E-state index in [2.05, 4.69) is 26.1 Å². The number of fused-ring (bicyclic) bond motifs is 2. The lowest BCUT2D eigenvalue weighted by Crippen LogP contribution is -2.37. The maximum absolute atomic E-state index is 13.5. The minimum Gasteiger partial charge on any atom is -0.335 e. The normalized spacial score (nSPS) is 24.2. The lowest BCUT2D eigenvalue weighted by atomic mass is 9.65. The van der Waals surface area contributed by atoms with E-state index in [-0.39, 0.29) is 33.4 Å². The van der Waals surface area contributed by atoms with Crippen LogP contribution in [0, 0.1) is 22.5 Å². The van der Waals surface area contributed by atoms with Gasteiger partial charge in [0.2, 0.25) is 0 Å². The topological polar surface area (TPSA) is 49.4 Å². The molecular formula is C24H25ClF2N2O2. The molecule has 2 unspecified atom stereocenters. The summed E-state index contributed by atoms with van der Waals surface area (Å²) >= 11 is 5.86. The average Bonchev–Trinajstić information content (AvgIpc) is 2.93. The van der Waals surface area contributed by atoms with E-state index >= 15 is 0 Å². The van der Waals surface area contributed by atoms with Crippen molar-refractivity contribution >= 4 is 29.1 Å². The number of hydrogen-bond acceptors (Lipinski definition) is 2. The zero-order chi connectivity index (χ0) is 22.6. The molecule has 2 aromatic rings. The Bertz CT molecular complexity index is 1050. The number of anilines is 1. The number of nitrogens with one attached hydrogen (secondary N) is 1. The van der Waals surface area contributed by atoms with Gasteiger partial charge in [0.05, 0.1) is 10.6 Å². The van der Waals surface area contributed by atoms with Crippen LogP contribution in [0.2, 0.25) is 5.02 Å². The van der Waals surface area contributed by atoms with Gasteiger partial charge in [-0.15, -0.1) is 0 Å². The smallest absolute Gasteiger partial charge is 0.257 e. The number of hydrogen-bond donors (Lipinski definition) is 1. The van der Waals surface area contributed by atoms with Gasteiger partial charge in [-0.25, -0.2) is 8.78 Å². The van der Waals surface area contributed by atoms with E-state index < -0.39 is 17.5 Å². The molecule has 1 N–H and O–H groups in total. The summed E-state index contributed by atoms with van der Waals surface area (Å²) in [5.41, 5.74) is 1.19. The van der Waals surface area contributed by atoms with Crippen molar-refractivity contribution in [3.05, 3.63) is 64.2 Å². The summed E-state index contributed by atoms with van der Waals surface area (Å²) in [5, 5.41) is 2.42. The second-order valence-corrected chi connectivity index (χ2v) is 10.3. The third-order valence-corrected chi connectivity index (χ3v) is 6.63. The number of carbonyl (C=O) groups is 2. The highest BCUT2D eigenvalue weighted by Crippen LogP contribution is 2.52. The Morgan fingerprint density at radius 1 is 1.06 bits per heavy atom. The van der Waals surface area contributed by atoms with Crippen LogP contribution in [0.15, 0.2) is 36.4 Å². The molecule has 0 spiro atoms. The Kier molecular flexibility index (Phi) is 5.32. The van der Waals surface area contributed by atoms with Crippen LogP contribution in [0.5, 0.6) is 0 Å². The Balaban J connectivity index is 1.47. The second kappa shape index (κ2) is 7.59. The Labute approximate surface area is 185 Å². The highest BCUT2D eigenvalue weighted by Gasteiger charge is 2.51. The van der Waals surface area contributed by atoms with Gasteiger partial charge in [-0.3, -0.25) is 9.59 Å². The van der Waals surface area contributed by atoms with E-state index in [1.165, 1.54) is 0 Å². The van der Waals surface area contributed by atoms with E-state index in [0.29, 0.717) is 11.3 Å². The molecule has 4 nitrogen and oxygen atoms in total. The van der Waals surface area contributed by atoms with Crippen LogP contribution < -0.4 is 5.32 Å². The molecule has 1 saturated carbocycles. The van der Waals surface area contributed by atoms with Crippen LogP contribution in [0.4, 0.5) is 14.5 Å². The van der Waals surface area contributed by atoms with Gasteiger partial charge in [0.15, 0.2) is 11.6 Å². The summed E-state index contributed by atoms with van der Waals surface area (Å²) in [4.78, 5) is 27.5. The van der Waals surface area contributed by atoms with Crippen molar-refractivity contribution < 1.29 is 18.4 Å². The second-order valence-electron chi connectivity index (χ2n) is 9.92. The standard InChI is InChI=1S/C24H25ClF2N2O2/c1-23(2)10-16-11-24(3,12-23)13-29(16)22(31)14-4-6-15(7-5-14)28-21(30)17-8-19(26)20(27)9-18(17)25/h4-9,16H,10-13H2,1-3H3,(H,28,30). The fourth-order valence-corrected chi connectivity index (χ4v) is 5.69. The predicted molar refractivity (Wildman–Crippen MR) is 116 cm³/mol.